The maximum Gasteiger partial charge on any atom is 0.191 e. The third-order valence-electron chi connectivity index (χ3n) is 3.72. The number of hydrogen-bond donors (Lipinski definition) is 3. The molecule has 0 fully saturated rings. The van der Waals surface area contributed by atoms with Crippen LogP contribution in [0, 0.1) is 11.6 Å². The summed E-state index contributed by atoms with van der Waals surface area (Å²) in [5, 5.41) is 15.8. The molecule has 6 heteroatoms. The molecule has 4 nitrogen and oxygen atoms in total. The molecule has 2 rings (SSSR count). The van der Waals surface area contributed by atoms with E-state index in [4.69, 9.17) is 0 Å². The van der Waals surface area contributed by atoms with Crippen LogP contribution < -0.4 is 10.6 Å². The molecule has 0 aliphatic carbocycles. The molecule has 0 spiro atoms. The molecule has 0 bridgehead atoms. The van der Waals surface area contributed by atoms with Gasteiger partial charge in [0.25, 0.3) is 0 Å². The Morgan fingerprint density at radius 2 is 1.96 bits per heavy atom. The minimum atomic E-state index is -0.864. The normalized spacial score (nSPS) is 12.7. The second kappa shape index (κ2) is 9.01. The molecular weight excluding hydrogens is 324 g/mol. The van der Waals surface area contributed by atoms with Gasteiger partial charge in [-0.25, -0.2) is 8.78 Å². The topological polar surface area (TPSA) is 56.7 Å². The lowest BCUT2D eigenvalue weighted by molar-refractivity contribution is 0.474. The molecule has 0 saturated heterocycles. The summed E-state index contributed by atoms with van der Waals surface area (Å²) in [5.74, 6) is -0.891. The van der Waals surface area contributed by atoms with Crippen molar-refractivity contribution in [3.05, 3.63) is 65.2 Å². The average molecular weight is 347 g/mol. The fourth-order valence-corrected chi connectivity index (χ4v) is 2.40. The first kappa shape index (κ1) is 18.7. The molecule has 0 heterocycles. The molecule has 0 aliphatic rings. The number of guanidine groups is 1. The van der Waals surface area contributed by atoms with E-state index >= 15 is 0 Å². The van der Waals surface area contributed by atoms with Gasteiger partial charge < -0.3 is 15.7 Å². The lowest BCUT2D eigenvalue weighted by Gasteiger charge is -2.18. The van der Waals surface area contributed by atoms with Crippen molar-refractivity contribution in [2.75, 3.05) is 13.1 Å². The maximum atomic E-state index is 13.4. The predicted octanol–water partition coefficient (Wildman–Crippen LogP) is 3.53. The minimum Gasteiger partial charge on any atom is -0.508 e. The van der Waals surface area contributed by atoms with Crippen LogP contribution in [0.3, 0.4) is 0 Å². The summed E-state index contributed by atoms with van der Waals surface area (Å²) in [6.07, 6.45) is 0.685. The largest absolute Gasteiger partial charge is 0.508 e. The van der Waals surface area contributed by atoms with E-state index in [-0.39, 0.29) is 11.8 Å². The molecule has 3 N–H and O–H groups in total. The second-order valence-corrected chi connectivity index (χ2v) is 5.72. The van der Waals surface area contributed by atoms with Crippen LogP contribution in [0.25, 0.3) is 0 Å². The van der Waals surface area contributed by atoms with Gasteiger partial charge in [-0.2, -0.15) is 0 Å². The van der Waals surface area contributed by atoms with Gasteiger partial charge in [0.2, 0.25) is 0 Å². The zero-order valence-corrected chi connectivity index (χ0v) is 14.4. The Kier molecular flexibility index (Phi) is 6.74. The maximum absolute atomic E-state index is 13.4. The summed E-state index contributed by atoms with van der Waals surface area (Å²) >= 11 is 0. The molecule has 0 radical (unpaired) electrons. The number of aliphatic imine (C=N–C) groups is 1. The molecule has 0 aromatic heterocycles. The molecule has 2 aromatic rings. The van der Waals surface area contributed by atoms with E-state index in [2.05, 4.69) is 15.6 Å². The standard InChI is InChI=1S/C19H23F2N3O/c1-3-22-19(23-10-9-14-5-4-6-16(25)11-14)24-13(2)15-7-8-17(20)18(21)12-15/h4-8,11-13,25H,3,9-10H2,1-2H3,(H2,22,23,24). The van der Waals surface area contributed by atoms with E-state index in [0.717, 1.165) is 11.6 Å². The van der Waals surface area contributed by atoms with Crippen molar-refractivity contribution >= 4 is 5.96 Å². The Balaban J connectivity index is 1.99. The van der Waals surface area contributed by atoms with Crippen LogP contribution in [0.4, 0.5) is 8.78 Å². The molecular formula is C19H23F2N3O. The van der Waals surface area contributed by atoms with Crippen molar-refractivity contribution in [2.24, 2.45) is 4.99 Å². The Bertz CT molecular complexity index is 734. The van der Waals surface area contributed by atoms with Gasteiger partial charge in [-0.3, -0.25) is 4.99 Å². The van der Waals surface area contributed by atoms with Crippen molar-refractivity contribution < 1.29 is 13.9 Å². The zero-order valence-electron chi connectivity index (χ0n) is 14.4. The first-order chi connectivity index (χ1) is 12.0. The SMILES string of the molecule is CCNC(=NCCc1cccc(O)c1)NC(C)c1ccc(F)c(F)c1. The quantitative estimate of drug-likeness (QED) is 0.553. The molecule has 0 aliphatic heterocycles. The first-order valence-corrected chi connectivity index (χ1v) is 8.27. The summed E-state index contributed by atoms with van der Waals surface area (Å²) in [6, 6.07) is 10.7. The van der Waals surface area contributed by atoms with Crippen LogP contribution >= 0.6 is 0 Å². The van der Waals surface area contributed by atoms with Gasteiger partial charge in [0.05, 0.1) is 6.04 Å². The highest BCUT2D eigenvalue weighted by Crippen LogP contribution is 2.16. The monoisotopic (exact) mass is 347 g/mol. The minimum absolute atomic E-state index is 0.228. The first-order valence-electron chi connectivity index (χ1n) is 8.27. The molecule has 2 aromatic carbocycles. The molecule has 1 atom stereocenters. The van der Waals surface area contributed by atoms with Crippen LogP contribution in [-0.2, 0) is 6.42 Å². The zero-order chi connectivity index (χ0) is 18.2. The van der Waals surface area contributed by atoms with Crippen LogP contribution in [-0.4, -0.2) is 24.2 Å². The van der Waals surface area contributed by atoms with Crippen LogP contribution in [0.15, 0.2) is 47.5 Å². The number of phenols is 1. The van der Waals surface area contributed by atoms with Crippen LogP contribution in [0.5, 0.6) is 5.75 Å². The van der Waals surface area contributed by atoms with Crippen LogP contribution in [0.2, 0.25) is 0 Å². The number of aromatic hydroxyl groups is 1. The summed E-state index contributed by atoms with van der Waals surface area (Å²) in [4.78, 5) is 4.49. The summed E-state index contributed by atoms with van der Waals surface area (Å²) in [7, 11) is 0. The van der Waals surface area contributed by atoms with E-state index in [1.54, 1.807) is 24.3 Å². The number of rotatable bonds is 6. The summed E-state index contributed by atoms with van der Waals surface area (Å²) in [5.41, 5.74) is 1.63. The number of phenolic OH excluding ortho intramolecular Hbond substituents is 1. The highest BCUT2D eigenvalue weighted by Gasteiger charge is 2.10. The van der Waals surface area contributed by atoms with Gasteiger partial charge >= 0.3 is 0 Å². The van der Waals surface area contributed by atoms with Gasteiger partial charge in [-0.15, -0.1) is 0 Å². The van der Waals surface area contributed by atoms with E-state index in [0.29, 0.717) is 31.0 Å². The van der Waals surface area contributed by atoms with E-state index in [1.165, 1.54) is 6.07 Å². The lowest BCUT2D eigenvalue weighted by Crippen LogP contribution is -2.39. The average Bonchev–Trinajstić information content (AvgIpc) is 2.57. The van der Waals surface area contributed by atoms with Crippen molar-refractivity contribution in [2.45, 2.75) is 26.3 Å². The summed E-state index contributed by atoms with van der Waals surface area (Å²) < 4.78 is 26.4. The molecule has 25 heavy (non-hydrogen) atoms. The number of nitrogens with one attached hydrogen (secondary N) is 2. The number of benzene rings is 2. The molecule has 0 amide bonds. The number of nitrogens with zero attached hydrogens (tertiary/aromatic N) is 1. The van der Waals surface area contributed by atoms with Gasteiger partial charge in [0.15, 0.2) is 17.6 Å². The number of hydrogen-bond acceptors (Lipinski definition) is 2. The Morgan fingerprint density at radius 3 is 2.64 bits per heavy atom. The molecule has 134 valence electrons. The van der Waals surface area contributed by atoms with Gasteiger partial charge in [0, 0.05) is 13.1 Å². The van der Waals surface area contributed by atoms with E-state index in [9.17, 15) is 13.9 Å². The molecule has 1 unspecified atom stereocenters. The van der Waals surface area contributed by atoms with E-state index < -0.39 is 11.6 Å². The predicted molar refractivity (Wildman–Crippen MR) is 95.7 cm³/mol. The second-order valence-electron chi connectivity index (χ2n) is 5.72. The fraction of sp³-hybridized carbons (Fsp3) is 0.316. The Hall–Kier alpha value is -2.63. The number of halogens is 2. The van der Waals surface area contributed by atoms with Crippen molar-refractivity contribution in [3.8, 4) is 5.75 Å². The fourth-order valence-electron chi connectivity index (χ4n) is 2.40. The smallest absolute Gasteiger partial charge is 0.191 e. The summed E-state index contributed by atoms with van der Waals surface area (Å²) in [6.45, 7) is 5.02. The lowest BCUT2D eigenvalue weighted by atomic mass is 10.1. The van der Waals surface area contributed by atoms with Crippen LogP contribution in [0.1, 0.15) is 31.0 Å². The third kappa shape index (κ3) is 5.74. The van der Waals surface area contributed by atoms with Gasteiger partial charge in [-0.05, 0) is 55.7 Å². The molecule has 0 saturated carbocycles. The van der Waals surface area contributed by atoms with Crippen molar-refractivity contribution in [3.63, 3.8) is 0 Å². The highest BCUT2D eigenvalue weighted by molar-refractivity contribution is 5.80. The Labute approximate surface area is 146 Å². The van der Waals surface area contributed by atoms with Gasteiger partial charge in [0.1, 0.15) is 5.75 Å². The van der Waals surface area contributed by atoms with E-state index in [1.807, 2.05) is 19.9 Å². The highest BCUT2D eigenvalue weighted by atomic mass is 19.2. The van der Waals surface area contributed by atoms with Crippen molar-refractivity contribution in [1.82, 2.24) is 10.6 Å². The Morgan fingerprint density at radius 1 is 1.16 bits per heavy atom. The van der Waals surface area contributed by atoms with Crippen molar-refractivity contribution in [1.29, 1.82) is 0 Å². The van der Waals surface area contributed by atoms with Gasteiger partial charge in [-0.1, -0.05) is 18.2 Å². The third-order valence-corrected chi connectivity index (χ3v) is 3.72.